The van der Waals surface area contributed by atoms with Crippen LogP contribution in [0.15, 0.2) is 65.6 Å². The monoisotopic (exact) mass is 358 g/mol. The number of nitrogens with zero attached hydrogens (tertiary/aromatic N) is 5. The third-order valence-electron chi connectivity index (χ3n) is 4.20. The Bertz CT molecular complexity index is 1250. The Morgan fingerprint density at radius 1 is 0.963 bits per heavy atom. The van der Waals surface area contributed by atoms with Crippen LogP contribution in [0.3, 0.4) is 0 Å². The normalized spacial score (nSPS) is 11.1. The summed E-state index contributed by atoms with van der Waals surface area (Å²) in [5, 5.41) is 12.0. The molecule has 1 N–H and O–H groups in total. The Hall–Kier alpha value is -3.94. The van der Waals surface area contributed by atoms with Crippen LogP contribution >= 0.6 is 0 Å². The van der Waals surface area contributed by atoms with Crippen LogP contribution < -0.4 is 0 Å². The molecule has 4 aromatic heterocycles. The minimum absolute atomic E-state index is 0.275. The Balaban J connectivity index is 1.61. The first kappa shape index (κ1) is 15.3. The fraction of sp³-hybridized carbons (Fsp3) is 0. The average Bonchev–Trinajstić information content (AvgIpc) is 3.35. The van der Waals surface area contributed by atoms with Gasteiger partial charge >= 0.3 is 0 Å². The zero-order valence-corrected chi connectivity index (χ0v) is 13.8. The molecule has 5 aromatic rings. The summed E-state index contributed by atoms with van der Waals surface area (Å²) in [6, 6.07) is 12.4. The van der Waals surface area contributed by atoms with Crippen molar-refractivity contribution in [2.75, 3.05) is 0 Å². The number of hydrogen-bond acceptors (Lipinski definition) is 6. The largest absolute Gasteiger partial charge is 0.332 e. The van der Waals surface area contributed by atoms with Crippen LogP contribution in [0.2, 0.25) is 0 Å². The van der Waals surface area contributed by atoms with Crippen molar-refractivity contribution in [3.8, 4) is 34.1 Å². The van der Waals surface area contributed by atoms with Gasteiger partial charge in [0.1, 0.15) is 0 Å². The molecule has 0 aliphatic heterocycles. The smallest absolute Gasteiger partial charge is 0.279 e. The van der Waals surface area contributed by atoms with Gasteiger partial charge in [0.05, 0.1) is 5.52 Å². The van der Waals surface area contributed by atoms with Crippen LogP contribution in [0.5, 0.6) is 0 Å². The van der Waals surface area contributed by atoms with Crippen LogP contribution in [0.4, 0.5) is 4.39 Å². The van der Waals surface area contributed by atoms with Crippen LogP contribution in [-0.2, 0) is 0 Å². The number of halogens is 1. The van der Waals surface area contributed by atoms with E-state index in [1.165, 1.54) is 6.20 Å². The molecule has 0 amide bonds. The van der Waals surface area contributed by atoms with Crippen molar-refractivity contribution in [1.29, 1.82) is 0 Å². The topological polar surface area (TPSA) is 93.4 Å². The molecule has 0 aliphatic rings. The van der Waals surface area contributed by atoms with Gasteiger partial charge in [0.25, 0.3) is 5.89 Å². The van der Waals surface area contributed by atoms with Crippen molar-refractivity contribution >= 4 is 10.9 Å². The summed E-state index contributed by atoms with van der Waals surface area (Å²) in [6.45, 7) is 0. The van der Waals surface area contributed by atoms with E-state index >= 15 is 0 Å². The van der Waals surface area contributed by atoms with Crippen LogP contribution in [0, 0.1) is 5.95 Å². The Labute approximate surface area is 151 Å². The number of benzene rings is 1. The van der Waals surface area contributed by atoms with Gasteiger partial charge in [-0.15, -0.1) is 0 Å². The summed E-state index contributed by atoms with van der Waals surface area (Å²) < 4.78 is 19.4. The number of nitrogens with one attached hydrogen (secondary N) is 1. The molecular formula is C19H11FN6O. The third-order valence-corrected chi connectivity index (χ3v) is 4.20. The second-order valence-corrected chi connectivity index (χ2v) is 5.83. The maximum atomic E-state index is 14.0. The molecule has 0 fully saturated rings. The second kappa shape index (κ2) is 6.10. The maximum absolute atomic E-state index is 14.0. The van der Waals surface area contributed by atoms with Crippen molar-refractivity contribution in [2.24, 2.45) is 0 Å². The van der Waals surface area contributed by atoms with E-state index < -0.39 is 5.95 Å². The average molecular weight is 358 g/mol. The lowest BCUT2D eigenvalue weighted by molar-refractivity contribution is 0.431. The Morgan fingerprint density at radius 2 is 1.85 bits per heavy atom. The molecule has 0 radical (unpaired) electrons. The highest BCUT2D eigenvalue weighted by Crippen LogP contribution is 2.31. The molecule has 130 valence electrons. The SMILES string of the molecule is Fc1ncccc1-c1ccc2[nH]nc(-c3nc(-c4ccncc4)no3)c2c1. The quantitative estimate of drug-likeness (QED) is 0.492. The molecular weight excluding hydrogens is 347 g/mol. The molecule has 0 atom stereocenters. The first-order valence-corrected chi connectivity index (χ1v) is 8.13. The number of pyridine rings is 2. The van der Waals surface area contributed by atoms with Gasteiger partial charge in [-0.1, -0.05) is 11.2 Å². The summed E-state index contributed by atoms with van der Waals surface area (Å²) in [6.07, 6.45) is 4.73. The molecule has 1 aromatic carbocycles. The summed E-state index contributed by atoms with van der Waals surface area (Å²) in [7, 11) is 0. The summed E-state index contributed by atoms with van der Waals surface area (Å²) >= 11 is 0. The number of rotatable bonds is 3. The molecule has 0 saturated heterocycles. The zero-order chi connectivity index (χ0) is 18.2. The molecule has 5 rings (SSSR count). The van der Waals surface area contributed by atoms with Crippen LogP contribution in [-0.4, -0.2) is 30.3 Å². The lowest BCUT2D eigenvalue weighted by Gasteiger charge is -2.02. The standard InChI is InChI=1S/C19H11FN6O/c20-17-13(2-1-7-22-17)12-3-4-15-14(10-12)16(25-24-15)19-23-18(26-27-19)11-5-8-21-9-6-11/h1-10H,(H,24,25). The first-order valence-electron chi connectivity index (χ1n) is 8.13. The number of aromatic nitrogens is 6. The van der Waals surface area contributed by atoms with E-state index in [-0.39, 0.29) is 5.89 Å². The number of fused-ring (bicyclic) bond motifs is 1. The summed E-state index contributed by atoms with van der Waals surface area (Å²) in [5.74, 6) is 0.189. The number of hydrogen-bond donors (Lipinski definition) is 1. The van der Waals surface area contributed by atoms with Crippen molar-refractivity contribution in [2.45, 2.75) is 0 Å². The highest BCUT2D eigenvalue weighted by atomic mass is 19.1. The van der Waals surface area contributed by atoms with E-state index in [4.69, 9.17) is 4.52 Å². The maximum Gasteiger partial charge on any atom is 0.279 e. The molecule has 0 unspecified atom stereocenters. The zero-order valence-electron chi connectivity index (χ0n) is 13.8. The Kier molecular flexibility index (Phi) is 3.46. The summed E-state index contributed by atoms with van der Waals surface area (Å²) in [4.78, 5) is 12.1. The predicted molar refractivity (Wildman–Crippen MR) is 95.8 cm³/mol. The molecule has 4 heterocycles. The van der Waals surface area contributed by atoms with Gasteiger partial charge in [-0.05, 0) is 42.0 Å². The van der Waals surface area contributed by atoms with Crippen LogP contribution in [0.1, 0.15) is 0 Å². The van der Waals surface area contributed by atoms with Gasteiger partial charge in [-0.25, -0.2) is 4.98 Å². The molecule has 0 saturated carbocycles. The molecule has 7 nitrogen and oxygen atoms in total. The fourth-order valence-corrected chi connectivity index (χ4v) is 2.88. The predicted octanol–water partition coefficient (Wildman–Crippen LogP) is 3.88. The summed E-state index contributed by atoms with van der Waals surface area (Å²) in [5.41, 5.74) is 3.17. The van der Waals surface area contributed by atoms with E-state index in [0.717, 1.165) is 16.5 Å². The van der Waals surface area contributed by atoms with Crippen molar-refractivity contribution in [3.05, 3.63) is 67.0 Å². The number of aromatic amines is 1. The molecule has 0 bridgehead atoms. The Morgan fingerprint density at radius 3 is 2.70 bits per heavy atom. The lowest BCUT2D eigenvalue weighted by atomic mass is 10.0. The van der Waals surface area contributed by atoms with Crippen molar-refractivity contribution in [3.63, 3.8) is 0 Å². The van der Waals surface area contributed by atoms with Gasteiger partial charge in [-0.3, -0.25) is 10.1 Å². The highest BCUT2D eigenvalue weighted by molar-refractivity contribution is 5.94. The van der Waals surface area contributed by atoms with Crippen molar-refractivity contribution < 1.29 is 8.91 Å². The molecule has 8 heteroatoms. The first-order chi connectivity index (χ1) is 13.3. The minimum Gasteiger partial charge on any atom is -0.332 e. The van der Waals surface area contributed by atoms with E-state index in [9.17, 15) is 4.39 Å². The van der Waals surface area contributed by atoms with Gasteiger partial charge < -0.3 is 4.52 Å². The van der Waals surface area contributed by atoms with E-state index in [1.807, 2.05) is 12.1 Å². The van der Waals surface area contributed by atoms with Gasteiger partial charge in [0.2, 0.25) is 11.8 Å². The van der Waals surface area contributed by atoms with Crippen molar-refractivity contribution in [1.82, 2.24) is 30.3 Å². The van der Waals surface area contributed by atoms with E-state index in [0.29, 0.717) is 22.6 Å². The highest BCUT2D eigenvalue weighted by Gasteiger charge is 2.17. The van der Waals surface area contributed by atoms with Gasteiger partial charge in [0.15, 0.2) is 5.69 Å². The molecule has 0 aliphatic carbocycles. The molecule has 27 heavy (non-hydrogen) atoms. The third kappa shape index (κ3) is 2.63. The van der Waals surface area contributed by atoms with E-state index in [2.05, 4.69) is 30.3 Å². The van der Waals surface area contributed by atoms with Gasteiger partial charge in [0, 0.05) is 35.1 Å². The molecule has 0 spiro atoms. The van der Waals surface area contributed by atoms with E-state index in [1.54, 1.807) is 42.7 Å². The second-order valence-electron chi connectivity index (χ2n) is 5.83. The van der Waals surface area contributed by atoms with Crippen LogP contribution in [0.25, 0.3) is 45.0 Å². The number of H-pyrrole nitrogens is 1. The fourth-order valence-electron chi connectivity index (χ4n) is 2.88. The minimum atomic E-state index is -0.528. The van der Waals surface area contributed by atoms with Gasteiger partial charge in [-0.2, -0.15) is 14.5 Å². The lowest BCUT2D eigenvalue weighted by Crippen LogP contribution is -1.87.